The van der Waals surface area contributed by atoms with Crippen LogP contribution in [-0.2, 0) is 9.53 Å². The van der Waals surface area contributed by atoms with E-state index < -0.39 is 11.7 Å². The van der Waals surface area contributed by atoms with Crippen LogP contribution in [0, 0.1) is 11.3 Å². The maximum Gasteiger partial charge on any atom is 0.369 e. The lowest BCUT2D eigenvalue weighted by Crippen LogP contribution is -2.17. The predicted molar refractivity (Wildman–Crippen MR) is 47.5 cm³/mol. The van der Waals surface area contributed by atoms with Crippen LogP contribution in [0.5, 0.6) is 0 Å². The molecule has 0 saturated heterocycles. The Kier molecular flexibility index (Phi) is 3.72. The standard InChI is InChI=1S/C6H7N7O2/c1-2-15-5(14)4(3-7)8-9-6-10-12-13-11-6/h2H2,1H3,(H2,9,10,11,12,13). The number of carbonyl (C=O) groups is 1. The molecule has 0 amide bonds. The first kappa shape index (κ1) is 10.6. The fourth-order valence-electron chi connectivity index (χ4n) is 0.631. The van der Waals surface area contributed by atoms with E-state index in [1.54, 1.807) is 13.0 Å². The van der Waals surface area contributed by atoms with Gasteiger partial charge in [-0.2, -0.15) is 15.6 Å². The minimum absolute atomic E-state index is 0.0482. The van der Waals surface area contributed by atoms with Crippen molar-refractivity contribution in [3.05, 3.63) is 0 Å². The highest BCUT2D eigenvalue weighted by Gasteiger charge is 2.11. The van der Waals surface area contributed by atoms with Gasteiger partial charge in [-0.3, -0.25) is 0 Å². The smallest absolute Gasteiger partial charge is 0.369 e. The molecule has 0 aliphatic rings. The number of tetrazole rings is 1. The average molecular weight is 209 g/mol. The van der Waals surface area contributed by atoms with Gasteiger partial charge in [0.05, 0.1) is 6.61 Å². The summed E-state index contributed by atoms with van der Waals surface area (Å²) >= 11 is 0. The summed E-state index contributed by atoms with van der Waals surface area (Å²) in [7, 11) is 0. The fourth-order valence-corrected chi connectivity index (χ4v) is 0.631. The Balaban J connectivity index is 2.63. The number of aromatic amines is 1. The molecule has 0 spiro atoms. The number of hydrazone groups is 1. The summed E-state index contributed by atoms with van der Waals surface area (Å²) in [6, 6.07) is 1.58. The van der Waals surface area contributed by atoms with E-state index in [4.69, 9.17) is 5.26 Å². The summed E-state index contributed by atoms with van der Waals surface area (Å²) in [5.74, 6) is -0.761. The molecular formula is C6H7N7O2. The second kappa shape index (κ2) is 5.28. The number of anilines is 1. The number of nitrogens with one attached hydrogen (secondary N) is 2. The summed E-state index contributed by atoms with van der Waals surface area (Å²) < 4.78 is 4.57. The van der Waals surface area contributed by atoms with Crippen molar-refractivity contribution in [2.24, 2.45) is 5.10 Å². The van der Waals surface area contributed by atoms with Crippen LogP contribution in [0.3, 0.4) is 0 Å². The third-order valence-corrected chi connectivity index (χ3v) is 1.19. The molecule has 0 saturated carbocycles. The van der Waals surface area contributed by atoms with Crippen LogP contribution in [-0.4, -0.2) is 38.9 Å². The van der Waals surface area contributed by atoms with Crippen molar-refractivity contribution >= 4 is 17.6 Å². The van der Waals surface area contributed by atoms with Crippen molar-refractivity contribution in [2.45, 2.75) is 6.92 Å². The minimum atomic E-state index is -0.809. The maximum absolute atomic E-state index is 11.1. The van der Waals surface area contributed by atoms with Crippen molar-refractivity contribution in [1.82, 2.24) is 20.6 Å². The van der Waals surface area contributed by atoms with E-state index >= 15 is 0 Å². The van der Waals surface area contributed by atoms with Gasteiger partial charge in [0, 0.05) is 0 Å². The molecule has 0 radical (unpaired) electrons. The minimum Gasteiger partial charge on any atom is -0.461 e. The van der Waals surface area contributed by atoms with Crippen LogP contribution in [0.4, 0.5) is 5.95 Å². The zero-order valence-corrected chi connectivity index (χ0v) is 7.76. The summed E-state index contributed by atoms with van der Waals surface area (Å²) in [5.41, 5.74) is 1.85. The normalized spacial score (nSPS) is 10.5. The van der Waals surface area contributed by atoms with Gasteiger partial charge in [-0.05, 0) is 12.1 Å². The number of hydrogen-bond acceptors (Lipinski definition) is 8. The molecule has 0 unspecified atom stereocenters. The van der Waals surface area contributed by atoms with Crippen LogP contribution >= 0.6 is 0 Å². The number of carbonyl (C=O) groups excluding carboxylic acids is 1. The highest BCUT2D eigenvalue weighted by atomic mass is 16.5. The van der Waals surface area contributed by atoms with Gasteiger partial charge in [-0.15, -0.1) is 5.10 Å². The molecule has 1 heterocycles. The van der Waals surface area contributed by atoms with E-state index in [2.05, 4.69) is 35.9 Å². The van der Waals surface area contributed by atoms with Gasteiger partial charge >= 0.3 is 5.97 Å². The number of esters is 1. The molecule has 0 aliphatic carbocycles. The van der Waals surface area contributed by atoms with Crippen molar-refractivity contribution in [1.29, 1.82) is 5.26 Å². The molecule has 9 heteroatoms. The van der Waals surface area contributed by atoms with Gasteiger partial charge in [0.1, 0.15) is 6.07 Å². The molecule has 2 N–H and O–H groups in total. The lowest BCUT2D eigenvalue weighted by molar-refractivity contribution is -0.134. The number of ether oxygens (including phenoxy) is 1. The Hall–Kier alpha value is -2.50. The van der Waals surface area contributed by atoms with Crippen LogP contribution in [0.25, 0.3) is 0 Å². The zero-order chi connectivity index (χ0) is 11.1. The molecule has 9 nitrogen and oxygen atoms in total. The van der Waals surface area contributed by atoms with Gasteiger partial charge in [0.2, 0.25) is 5.71 Å². The number of aromatic nitrogens is 4. The summed E-state index contributed by atoms with van der Waals surface area (Å²) in [4.78, 5) is 11.1. The highest BCUT2D eigenvalue weighted by molar-refractivity contribution is 6.43. The average Bonchev–Trinajstić information content (AvgIpc) is 2.72. The maximum atomic E-state index is 11.1. The molecule has 0 atom stereocenters. The van der Waals surface area contributed by atoms with E-state index in [0.717, 1.165) is 0 Å². The third kappa shape index (κ3) is 3.03. The number of nitriles is 1. The summed E-state index contributed by atoms with van der Waals surface area (Å²) in [6.07, 6.45) is 0. The molecule has 0 aromatic carbocycles. The van der Waals surface area contributed by atoms with Crippen LogP contribution < -0.4 is 5.43 Å². The van der Waals surface area contributed by atoms with Gasteiger partial charge in [-0.25, -0.2) is 10.2 Å². The number of rotatable bonds is 4. The molecule has 1 aromatic heterocycles. The second-order valence-electron chi connectivity index (χ2n) is 2.14. The number of nitrogens with zero attached hydrogens (tertiary/aromatic N) is 5. The first-order chi connectivity index (χ1) is 7.27. The van der Waals surface area contributed by atoms with Gasteiger partial charge < -0.3 is 4.74 Å². The summed E-state index contributed by atoms with van der Waals surface area (Å²) in [5, 5.41) is 24.4. The Morgan fingerprint density at radius 2 is 2.60 bits per heavy atom. The topological polar surface area (TPSA) is 129 Å². The summed E-state index contributed by atoms with van der Waals surface area (Å²) in [6.45, 7) is 1.79. The first-order valence-corrected chi connectivity index (χ1v) is 3.92. The monoisotopic (exact) mass is 209 g/mol. The predicted octanol–water partition coefficient (Wildman–Crippen LogP) is -0.946. The van der Waals surface area contributed by atoms with Crippen LogP contribution in [0.2, 0.25) is 0 Å². The van der Waals surface area contributed by atoms with Gasteiger partial charge in [0.15, 0.2) is 0 Å². The molecule has 0 fully saturated rings. The van der Waals surface area contributed by atoms with E-state index in [-0.39, 0.29) is 12.6 Å². The van der Waals surface area contributed by atoms with Gasteiger partial charge in [-0.1, -0.05) is 5.10 Å². The lowest BCUT2D eigenvalue weighted by atomic mass is 10.4. The van der Waals surface area contributed by atoms with Crippen LogP contribution in [0.1, 0.15) is 6.92 Å². The van der Waals surface area contributed by atoms with E-state index in [0.29, 0.717) is 0 Å². The zero-order valence-electron chi connectivity index (χ0n) is 7.76. The SMILES string of the molecule is CCOC(=O)C(C#N)=NNc1nn[nH]n1. The fraction of sp³-hybridized carbons (Fsp3) is 0.333. The Labute approximate surface area is 84.1 Å². The second-order valence-corrected chi connectivity index (χ2v) is 2.14. The lowest BCUT2D eigenvalue weighted by Gasteiger charge is -1.97. The Morgan fingerprint density at radius 1 is 1.80 bits per heavy atom. The van der Waals surface area contributed by atoms with E-state index in [1.807, 2.05) is 0 Å². The quantitative estimate of drug-likeness (QED) is 0.371. The third-order valence-electron chi connectivity index (χ3n) is 1.19. The molecule has 0 bridgehead atoms. The largest absolute Gasteiger partial charge is 0.461 e. The first-order valence-electron chi connectivity index (χ1n) is 3.92. The molecule has 0 aliphatic heterocycles. The van der Waals surface area contributed by atoms with Crippen molar-refractivity contribution in [3.8, 4) is 6.07 Å². The molecule has 1 aromatic rings. The van der Waals surface area contributed by atoms with Crippen molar-refractivity contribution in [3.63, 3.8) is 0 Å². The molecule has 78 valence electrons. The van der Waals surface area contributed by atoms with Gasteiger partial charge in [0.25, 0.3) is 5.95 Å². The number of hydrogen-bond donors (Lipinski definition) is 2. The molecule has 1 rings (SSSR count). The van der Waals surface area contributed by atoms with Crippen molar-refractivity contribution in [2.75, 3.05) is 12.0 Å². The number of H-pyrrole nitrogens is 1. The molecule has 15 heavy (non-hydrogen) atoms. The van der Waals surface area contributed by atoms with Crippen molar-refractivity contribution < 1.29 is 9.53 Å². The van der Waals surface area contributed by atoms with E-state index in [1.165, 1.54) is 0 Å². The van der Waals surface area contributed by atoms with Crippen LogP contribution in [0.15, 0.2) is 5.10 Å². The Morgan fingerprint density at radius 3 is 3.13 bits per heavy atom. The highest BCUT2D eigenvalue weighted by Crippen LogP contribution is 1.91. The van der Waals surface area contributed by atoms with E-state index in [9.17, 15) is 4.79 Å². The Bertz CT molecular complexity index is 390. The molecular weight excluding hydrogens is 202 g/mol.